The predicted molar refractivity (Wildman–Crippen MR) is 64.1 cm³/mol. The molecule has 1 heterocycles. The zero-order chi connectivity index (χ0) is 11.4. The fourth-order valence-electron chi connectivity index (χ4n) is 1.94. The van der Waals surface area contributed by atoms with E-state index < -0.39 is 0 Å². The molecule has 4 nitrogen and oxygen atoms in total. The second-order valence-electron chi connectivity index (χ2n) is 4.04. The van der Waals surface area contributed by atoms with Gasteiger partial charge in [0.1, 0.15) is 12.1 Å². The van der Waals surface area contributed by atoms with E-state index in [1.165, 1.54) is 6.33 Å². The highest BCUT2D eigenvalue weighted by atomic mass is 35.5. The first-order valence-corrected chi connectivity index (χ1v) is 5.98. The fraction of sp³-hybridized carbons (Fsp3) is 0.636. The average molecular weight is 242 g/mol. The van der Waals surface area contributed by atoms with Crippen molar-refractivity contribution in [1.29, 1.82) is 0 Å². The Morgan fingerprint density at radius 3 is 2.75 bits per heavy atom. The monoisotopic (exact) mass is 241 g/mol. The maximum Gasteiger partial charge on any atom is 0.218 e. The molecule has 88 valence electrons. The molecule has 0 atom stereocenters. The van der Waals surface area contributed by atoms with Crippen molar-refractivity contribution >= 4 is 17.4 Å². The van der Waals surface area contributed by atoms with Gasteiger partial charge in [-0.2, -0.15) is 0 Å². The van der Waals surface area contributed by atoms with Gasteiger partial charge in [-0.1, -0.05) is 0 Å². The summed E-state index contributed by atoms with van der Waals surface area (Å²) in [7, 11) is 1.60. The van der Waals surface area contributed by atoms with Gasteiger partial charge in [0.2, 0.25) is 5.88 Å². The lowest BCUT2D eigenvalue weighted by Crippen LogP contribution is -2.26. The Bertz CT molecular complexity index is 340. The third-order valence-corrected chi connectivity index (χ3v) is 3.30. The molecule has 1 aliphatic rings. The highest BCUT2D eigenvalue weighted by Gasteiger charge is 2.19. The SMILES string of the molecule is COc1cc(NC2CCC(Cl)CC2)ncn1. The summed E-state index contributed by atoms with van der Waals surface area (Å²) in [5.74, 6) is 1.41. The van der Waals surface area contributed by atoms with Gasteiger partial charge in [-0.3, -0.25) is 0 Å². The van der Waals surface area contributed by atoms with Gasteiger partial charge < -0.3 is 10.1 Å². The van der Waals surface area contributed by atoms with Crippen molar-refractivity contribution in [3.63, 3.8) is 0 Å². The number of methoxy groups -OCH3 is 1. The summed E-state index contributed by atoms with van der Waals surface area (Å²) in [5, 5.41) is 3.73. The third kappa shape index (κ3) is 2.98. The molecule has 1 aromatic rings. The van der Waals surface area contributed by atoms with E-state index in [4.69, 9.17) is 16.3 Å². The van der Waals surface area contributed by atoms with Gasteiger partial charge in [0.05, 0.1) is 7.11 Å². The second-order valence-corrected chi connectivity index (χ2v) is 4.66. The molecule has 0 bridgehead atoms. The van der Waals surface area contributed by atoms with Gasteiger partial charge in [-0.25, -0.2) is 9.97 Å². The highest BCUT2D eigenvalue weighted by Crippen LogP contribution is 2.25. The molecule has 0 aliphatic heterocycles. The van der Waals surface area contributed by atoms with Crippen LogP contribution in [-0.2, 0) is 0 Å². The molecule has 2 rings (SSSR count). The zero-order valence-electron chi connectivity index (χ0n) is 9.32. The summed E-state index contributed by atoms with van der Waals surface area (Å²) in [4.78, 5) is 8.13. The molecule has 1 aliphatic carbocycles. The Hall–Kier alpha value is -1.03. The summed E-state index contributed by atoms with van der Waals surface area (Å²) in [5.41, 5.74) is 0. The number of nitrogens with zero attached hydrogens (tertiary/aromatic N) is 2. The lowest BCUT2D eigenvalue weighted by atomic mass is 9.95. The molecule has 0 spiro atoms. The van der Waals surface area contributed by atoms with Gasteiger partial charge in [0.25, 0.3) is 0 Å². The lowest BCUT2D eigenvalue weighted by Gasteiger charge is -2.26. The van der Waals surface area contributed by atoms with E-state index in [0.29, 0.717) is 17.3 Å². The largest absolute Gasteiger partial charge is 0.481 e. The Balaban J connectivity index is 1.93. The summed E-state index contributed by atoms with van der Waals surface area (Å²) >= 11 is 6.06. The molecule has 0 saturated heterocycles. The number of aromatic nitrogens is 2. The second kappa shape index (κ2) is 5.34. The van der Waals surface area contributed by atoms with Crippen molar-refractivity contribution in [1.82, 2.24) is 9.97 Å². The number of halogens is 1. The number of rotatable bonds is 3. The van der Waals surface area contributed by atoms with Crippen molar-refractivity contribution in [2.75, 3.05) is 12.4 Å². The number of hydrogen-bond acceptors (Lipinski definition) is 4. The summed E-state index contributed by atoms with van der Waals surface area (Å²) in [6.07, 6.45) is 5.85. The Labute approximate surface area is 100 Å². The Morgan fingerprint density at radius 1 is 1.31 bits per heavy atom. The van der Waals surface area contributed by atoms with Crippen molar-refractivity contribution in [3.05, 3.63) is 12.4 Å². The minimum atomic E-state index is 0.345. The predicted octanol–water partition coefficient (Wildman–Crippen LogP) is 2.45. The van der Waals surface area contributed by atoms with Crippen LogP contribution < -0.4 is 10.1 Å². The fourth-order valence-corrected chi connectivity index (χ4v) is 2.19. The molecule has 1 fully saturated rings. The minimum absolute atomic E-state index is 0.345. The van der Waals surface area contributed by atoms with Crippen LogP contribution >= 0.6 is 11.6 Å². The van der Waals surface area contributed by atoms with Crippen molar-refractivity contribution < 1.29 is 4.74 Å². The standard InChI is InChI=1S/C11H16ClN3O/c1-16-11-6-10(13-7-14-11)15-9-4-2-8(12)3-5-9/h6-9H,2-5H2,1H3,(H,13,14,15). The maximum absolute atomic E-state index is 6.06. The number of hydrogen-bond donors (Lipinski definition) is 1. The van der Waals surface area contributed by atoms with E-state index in [1.54, 1.807) is 7.11 Å². The smallest absolute Gasteiger partial charge is 0.218 e. The van der Waals surface area contributed by atoms with Crippen LogP contribution in [0.3, 0.4) is 0 Å². The molecule has 0 radical (unpaired) electrons. The first-order valence-electron chi connectivity index (χ1n) is 5.54. The number of alkyl halides is 1. The van der Waals surface area contributed by atoms with Crippen LogP contribution in [0, 0.1) is 0 Å². The normalized spacial score (nSPS) is 25.1. The van der Waals surface area contributed by atoms with Crippen molar-refractivity contribution in [2.24, 2.45) is 0 Å². The molecule has 1 N–H and O–H groups in total. The van der Waals surface area contributed by atoms with Crippen LogP contribution in [0.5, 0.6) is 5.88 Å². The third-order valence-electron chi connectivity index (χ3n) is 2.86. The number of anilines is 1. The first kappa shape index (κ1) is 11.5. The summed E-state index contributed by atoms with van der Waals surface area (Å²) < 4.78 is 5.05. The van der Waals surface area contributed by atoms with E-state index in [1.807, 2.05) is 6.07 Å². The van der Waals surface area contributed by atoms with Crippen LogP contribution in [0.4, 0.5) is 5.82 Å². The van der Waals surface area contributed by atoms with Gasteiger partial charge in [-0.05, 0) is 25.7 Å². The van der Waals surface area contributed by atoms with Crippen molar-refractivity contribution in [3.8, 4) is 5.88 Å². The van der Waals surface area contributed by atoms with Gasteiger partial charge in [0.15, 0.2) is 0 Å². The van der Waals surface area contributed by atoms with E-state index in [0.717, 1.165) is 31.5 Å². The molecule has 0 unspecified atom stereocenters. The molecule has 1 saturated carbocycles. The topological polar surface area (TPSA) is 47.0 Å². The van der Waals surface area contributed by atoms with Crippen LogP contribution in [0.2, 0.25) is 0 Å². The van der Waals surface area contributed by atoms with Crippen LogP contribution in [-0.4, -0.2) is 28.5 Å². The minimum Gasteiger partial charge on any atom is -0.481 e. The molecule has 0 aromatic carbocycles. The van der Waals surface area contributed by atoms with E-state index in [9.17, 15) is 0 Å². The zero-order valence-corrected chi connectivity index (χ0v) is 10.1. The first-order chi connectivity index (χ1) is 7.78. The number of ether oxygens (including phenoxy) is 1. The lowest BCUT2D eigenvalue weighted by molar-refractivity contribution is 0.396. The highest BCUT2D eigenvalue weighted by molar-refractivity contribution is 6.20. The van der Waals surface area contributed by atoms with Gasteiger partial charge in [-0.15, -0.1) is 11.6 Å². The molecular formula is C11H16ClN3O. The van der Waals surface area contributed by atoms with Gasteiger partial charge in [0, 0.05) is 17.5 Å². The molecule has 0 amide bonds. The average Bonchev–Trinajstić information content (AvgIpc) is 2.32. The molecule has 16 heavy (non-hydrogen) atoms. The maximum atomic E-state index is 6.06. The molecular weight excluding hydrogens is 226 g/mol. The summed E-state index contributed by atoms with van der Waals surface area (Å²) in [6, 6.07) is 2.28. The van der Waals surface area contributed by atoms with Crippen LogP contribution in [0.15, 0.2) is 12.4 Å². The number of nitrogens with one attached hydrogen (secondary N) is 1. The van der Waals surface area contributed by atoms with Crippen molar-refractivity contribution in [2.45, 2.75) is 37.1 Å². The van der Waals surface area contributed by atoms with Gasteiger partial charge >= 0.3 is 0 Å². The van der Waals surface area contributed by atoms with E-state index in [2.05, 4.69) is 15.3 Å². The molecule has 5 heteroatoms. The quantitative estimate of drug-likeness (QED) is 0.826. The summed E-state index contributed by atoms with van der Waals surface area (Å²) in [6.45, 7) is 0. The van der Waals surface area contributed by atoms with E-state index >= 15 is 0 Å². The molecule has 1 aromatic heterocycles. The van der Waals surface area contributed by atoms with Crippen LogP contribution in [0.25, 0.3) is 0 Å². The van der Waals surface area contributed by atoms with Crippen LogP contribution in [0.1, 0.15) is 25.7 Å². The Morgan fingerprint density at radius 2 is 2.06 bits per heavy atom. The van der Waals surface area contributed by atoms with E-state index in [-0.39, 0.29) is 0 Å². The Kier molecular flexibility index (Phi) is 3.83.